The molecule has 0 aliphatic carbocycles. The van der Waals surface area contributed by atoms with Crippen LogP contribution in [0.4, 0.5) is 10.5 Å². The van der Waals surface area contributed by atoms with Gasteiger partial charge in [0.05, 0.1) is 17.6 Å². The van der Waals surface area contributed by atoms with Crippen LogP contribution in [0.5, 0.6) is 0 Å². The van der Waals surface area contributed by atoms with Crippen molar-refractivity contribution in [2.75, 3.05) is 5.32 Å². The fourth-order valence-electron chi connectivity index (χ4n) is 1.48. The third kappa shape index (κ3) is 1.03. The molecule has 0 saturated carbocycles. The maximum absolute atomic E-state index is 10.3. The van der Waals surface area contributed by atoms with Crippen LogP contribution in [0.15, 0.2) is 6.20 Å². The van der Waals surface area contributed by atoms with E-state index in [0.29, 0.717) is 5.69 Å². The molecule has 2 rings (SSSR count). The Bertz CT molecular complexity index is 318. The molecule has 2 heterocycles. The van der Waals surface area contributed by atoms with E-state index in [1.54, 1.807) is 6.20 Å². The Morgan fingerprint density at radius 3 is 3.33 bits per heavy atom. The lowest BCUT2D eigenvalue weighted by Gasteiger charge is -1.97. The van der Waals surface area contributed by atoms with Crippen LogP contribution in [0.2, 0.25) is 0 Å². The summed E-state index contributed by atoms with van der Waals surface area (Å²) in [6.07, 6.45) is 2.49. The SMILES string of the molecule is O=C(O)Nc1cnn2c1CCC2. The molecule has 0 fully saturated rings. The highest BCUT2D eigenvalue weighted by atomic mass is 16.4. The number of fused-ring (bicyclic) bond motifs is 1. The second kappa shape index (κ2) is 2.51. The number of nitrogens with one attached hydrogen (secondary N) is 1. The van der Waals surface area contributed by atoms with Gasteiger partial charge in [-0.1, -0.05) is 0 Å². The van der Waals surface area contributed by atoms with Gasteiger partial charge in [0.15, 0.2) is 0 Å². The summed E-state index contributed by atoms with van der Waals surface area (Å²) in [4.78, 5) is 10.3. The highest BCUT2D eigenvalue weighted by Crippen LogP contribution is 2.22. The average Bonchev–Trinajstić information content (AvgIpc) is 2.52. The van der Waals surface area contributed by atoms with Gasteiger partial charge in [-0.05, 0) is 12.8 Å². The van der Waals surface area contributed by atoms with Crippen LogP contribution in [0.3, 0.4) is 0 Å². The number of amides is 1. The van der Waals surface area contributed by atoms with Crippen LogP contribution < -0.4 is 5.32 Å². The molecule has 12 heavy (non-hydrogen) atoms. The topological polar surface area (TPSA) is 67.2 Å². The molecule has 0 saturated heterocycles. The second-order valence-corrected chi connectivity index (χ2v) is 2.76. The Hall–Kier alpha value is -1.52. The molecule has 1 aromatic rings. The van der Waals surface area contributed by atoms with Gasteiger partial charge in [0.25, 0.3) is 0 Å². The lowest BCUT2D eigenvalue weighted by Crippen LogP contribution is -2.08. The first-order chi connectivity index (χ1) is 5.77. The van der Waals surface area contributed by atoms with Crippen molar-refractivity contribution in [2.24, 2.45) is 0 Å². The zero-order chi connectivity index (χ0) is 8.55. The number of rotatable bonds is 1. The first-order valence-electron chi connectivity index (χ1n) is 3.82. The Morgan fingerprint density at radius 1 is 1.75 bits per heavy atom. The van der Waals surface area contributed by atoms with Crippen LogP contribution in [-0.2, 0) is 13.0 Å². The number of aryl methyl sites for hydroxylation is 1. The first kappa shape index (κ1) is 7.15. The maximum atomic E-state index is 10.3. The predicted octanol–water partition coefficient (Wildman–Crippen LogP) is 0.919. The third-order valence-electron chi connectivity index (χ3n) is 1.97. The fourth-order valence-corrected chi connectivity index (χ4v) is 1.48. The monoisotopic (exact) mass is 167 g/mol. The number of carbonyl (C=O) groups is 1. The van der Waals surface area contributed by atoms with Crippen LogP contribution in [0, 0.1) is 0 Å². The van der Waals surface area contributed by atoms with Gasteiger partial charge >= 0.3 is 6.09 Å². The fraction of sp³-hybridized carbons (Fsp3) is 0.429. The Morgan fingerprint density at radius 2 is 2.58 bits per heavy atom. The Kier molecular flexibility index (Phi) is 1.49. The number of aromatic nitrogens is 2. The second-order valence-electron chi connectivity index (χ2n) is 2.76. The van der Waals surface area contributed by atoms with Crippen LogP contribution in [0.25, 0.3) is 0 Å². The third-order valence-corrected chi connectivity index (χ3v) is 1.97. The standard InChI is InChI=1S/C7H9N3O2/c11-7(12)9-5-4-8-10-3-1-2-6(5)10/h4,9H,1-3H2,(H,11,12). The molecular formula is C7H9N3O2. The normalized spacial score (nSPS) is 14.3. The van der Waals surface area contributed by atoms with Crippen molar-refractivity contribution < 1.29 is 9.90 Å². The van der Waals surface area contributed by atoms with E-state index in [4.69, 9.17) is 5.11 Å². The summed E-state index contributed by atoms with van der Waals surface area (Å²) in [5, 5.41) is 14.8. The van der Waals surface area contributed by atoms with Crippen molar-refractivity contribution in [1.82, 2.24) is 9.78 Å². The zero-order valence-corrected chi connectivity index (χ0v) is 6.45. The Balaban J connectivity index is 2.27. The van der Waals surface area contributed by atoms with E-state index in [1.165, 1.54) is 0 Å². The van der Waals surface area contributed by atoms with Crippen molar-refractivity contribution in [1.29, 1.82) is 0 Å². The van der Waals surface area contributed by atoms with Crippen LogP contribution in [-0.4, -0.2) is 21.0 Å². The minimum Gasteiger partial charge on any atom is -0.465 e. The van der Waals surface area contributed by atoms with Gasteiger partial charge in [0.1, 0.15) is 0 Å². The van der Waals surface area contributed by atoms with E-state index >= 15 is 0 Å². The van der Waals surface area contributed by atoms with Crippen molar-refractivity contribution in [3.05, 3.63) is 11.9 Å². The highest BCUT2D eigenvalue weighted by Gasteiger charge is 2.16. The van der Waals surface area contributed by atoms with Gasteiger partial charge in [0.2, 0.25) is 0 Å². The van der Waals surface area contributed by atoms with E-state index in [2.05, 4.69) is 10.4 Å². The molecule has 0 aromatic carbocycles. The molecular weight excluding hydrogens is 158 g/mol. The van der Waals surface area contributed by atoms with E-state index in [9.17, 15) is 4.79 Å². The summed E-state index contributed by atoms with van der Waals surface area (Å²) >= 11 is 0. The van der Waals surface area contributed by atoms with Gasteiger partial charge in [0, 0.05) is 6.54 Å². The summed E-state index contributed by atoms with van der Waals surface area (Å²) in [5.41, 5.74) is 1.62. The van der Waals surface area contributed by atoms with Crippen molar-refractivity contribution >= 4 is 11.8 Å². The van der Waals surface area contributed by atoms with Crippen LogP contribution >= 0.6 is 0 Å². The largest absolute Gasteiger partial charge is 0.465 e. The quantitative estimate of drug-likeness (QED) is 0.653. The molecule has 5 nitrogen and oxygen atoms in total. The summed E-state index contributed by atoms with van der Waals surface area (Å²) < 4.78 is 1.84. The van der Waals surface area contributed by atoms with Crippen LogP contribution in [0.1, 0.15) is 12.1 Å². The summed E-state index contributed by atoms with van der Waals surface area (Å²) in [6, 6.07) is 0. The van der Waals surface area contributed by atoms with E-state index in [1.807, 2.05) is 4.68 Å². The van der Waals surface area contributed by atoms with Crippen molar-refractivity contribution in [3.63, 3.8) is 0 Å². The molecule has 1 aliphatic heterocycles. The van der Waals surface area contributed by atoms with E-state index < -0.39 is 6.09 Å². The summed E-state index contributed by atoms with van der Waals surface area (Å²) in [7, 11) is 0. The number of anilines is 1. The van der Waals surface area contributed by atoms with Gasteiger partial charge in [-0.15, -0.1) is 0 Å². The van der Waals surface area contributed by atoms with Gasteiger partial charge < -0.3 is 5.11 Å². The molecule has 64 valence electrons. The summed E-state index contributed by atoms with van der Waals surface area (Å²) in [5.74, 6) is 0. The minimum absolute atomic E-state index is 0.625. The minimum atomic E-state index is -1.03. The van der Waals surface area contributed by atoms with E-state index in [0.717, 1.165) is 25.1 Å². The molecule has 1 aromatic heterocycles. The van der Waals surface area contributed by atoms with Crippen molar-refractivity contribution in [3.8, 4) is 0 Å². The van der Waals surface area contributed by atoms with Gasteiger partial charge in [-0.3, -0.25) is 10.00 Å². The smallest absolute Gasteiger partial charge is 0.409 e. The molecule has 5 heteroatoms. The highest BCUT2D eigenvalue weighted by molar-refractivity contribution is 5.83. The average molecular weight is 167 g/mol. The zero-order valence-electron chi connectivity index (χ0n) is 6.45. The molecule has 0 unspecified atom stereocenters. The summed E-state index contributed by atoms with van der Waals surface area (Å²) in [6.45, 7) is 0.899. The van der Waals surface area contributed by atoms with Gasteiger partial charge in [-0.2, -0.15) is 5.10 Å². The molecule has 0 atom stereocenters. The van der Waals surface area contributed by atoms with Crippen molar-refractivity contribution in [2.45, 2.75) is 19.4 Å². The lowest BCUT2D eigenvalue weighted by atomic mass is 10.3. The molecule has 0 bridgehead atoms. The number of hydrogen-bond donors (Lipinski definition) is 2. The molecule has 1 amide bonds. The number of hydrogen-bond acceptors (Lipinski definition) is 2. The molecule has 0 radical (unpaired) electrons. The van der Waals surface area contributed by atoms with E-state index in [-0.39, 0.29) is 0 Å². The lowest BCUT2D eigenvalue weighted by molar-refractivity contribution is 0.209. The number of nitrogens with zero attached hydrogens (tertiary/aromatic N) is 2. The predicted molar refractivity (Wildman–Crippen MR) is 42.2 cm³/mol. The Labute approximate surface area is 69.0 Å². The molecule has 2 N–H and O–H groups in total. The molecule has 0 spiro atoms. The maximum Gasteiger partial charge on any atom is 0.409 e. The molecule has 1 aliphatic rings. The number of carboxylic acid groups (broad SMARTS) is 1. The van der Waals surface area contributed by atoms with Gasteiger partial charge in [-0.25, -0.2) is 4.79 Å². The first-order valence-corrected chi connectivity index (χ1v) is 3.82.